The van der Waals surface area contributed by atoms with E-state index in [-0.39, 0.29) is 18.3 Å². The van der Waals surface area contributed by atoms with Crippen LogP contribution < -0.4 is 10.1 Å². The van der Waals surface area contributed by atoms with E-state index in [1.54, 1.807) is 0 Å². The second-order valence-electron chi connectivity index (χ2n) is 8.45. The van der Waals surface area contributed by atoms with Crippen molar-refractivity contribution in [2.75, 3.05) is 18.2 Å². The van der Waals surface area contributed by atoms with Crippen molar-refractivity contribution >= 4 is 40.0 Å². The minimum absolute atomic E-state index is 0.0993. The van der Waals surface area contributed by atoms with E-state index in [4.69, 9.17) is 9.47 Å². The number of anilines is 1. The Morgan fingerprint density at radius 3 is 2.54 bits per heavy atom. The van der Waals surface area contributed by atoms with Crippen molar-refractivity contribution in [1.82, 2.24) is 14.8 Å². The molecule has 0 radical (unpaired) electrons. The van der Waals surface area contributed by atoms with Crippen molar-refractivity contribution in [3.05, 3.63) is 75.9 Å². The normalized spacial score (nSPS) is 10.8. The SMILES string of the molecule is COC(=O)c1c(NC(=O)CSc2nnc(COc3ccc(C)cc3C)n2C)sc(C)c1-c1ccccc1. The van der Waals surface area contributed by atoms with E-state index in [0.29, 0.717) is 21.5 Å². The van der Waals surface area contributed by atoms with E-state index >= 15 is 0 Å². The van der Waals surface area contributed by atoms with E-state index in [1.807, 2.05) is 74.9 Å². The first-order valence-electron chi connectivity index (χ1n) is 11.6. The number of benzene rings is 2. The van der Waals surface area contributed by atoms with E-state index in [1.165, 1.54) is 35.8 Å². The van der Waals surface area contributed by atoms with Gasteiger partial charge in [0, 0.05) is 17.5 Å². The number of hydrogen-bond acceptors (Lipinski definition) is 8. The lowest BCUT2D eigenvalue weighted by molar-refractivity contribution is -0.113. The topological polar surface area (TPSA) is 95.3 Å². The summed E-state index contributed by atoms with van der Waals surface area (Å²) in [4.78, 5) is 26.4. The van der Waals surface area contributed by atoms with Gasteiger partial charge in [0.25, 0.3) is 0 Å². The molecule has 4 aromatic rings. The Kier molecular flexibility index (Phi) is 8.30. The zero-order chi connectivity index (χ0) is 26.5. The van der Waals surface area contributed by atoms with Crippen LogP contribution in [-0.2, 0) is 23.2 Å². The van der Waals surface area contributed by atoms with Crippen molar-refractivity contribution in [3.63, 3.8) is 0 Å². The molecule has 0 bridgehead atoms. The van der Waals surface area contributed by atoms with Crippen LogP contribution >= 0.6 is 23.1 Å². The van der Waals surface area contributed by atoms with Gasteiger partial charge < -0.3 is 19.4 Å². The Hall–Kier alpha value is -3.63. The van der Waals surface area contributed by atoms with Crippen LogP contribution in [0.15, 0.2) is 53.7 Å². The predicted molar refractivity (Wildman–Crippen MR) is 146 cm³/mol. The van der Waals surface area contributed by atoms with E-state index in [9.17, 15) is 9.59 Å². The number of thiophene rings is 1. The number of carbonyl (C=O) groups excluding carboxylic acids is 2. The van der Waals surface area contributed by atoms with Crippen molar-refractivity contribution in [2.45, 2.75) is 32.5 Å². The number of hydrogen-bond donors (Lipinski definition) is 1. The smallest absolute Gasteiger partial charge is 0.341 e. The number of amides is 1. The van der Waals surface area contributed by atoms with Crippen molar-refractivity contribution in [1.29, 1.82) is 0 Å². The Morgan fingerprint density at radius 2 is 1.84 bits per heavy atom. The lowest BCUT2D eigenvalue weighted by atomic mass is 10.0. The van der Waals surface area contributed by atoms with Gasteiger partial charge in [-0.1, -0.05) is 59.8 Å². The second kappa shape index (κ2) is 11.6. The molecule has 2 heterocycles. The fraction of sp³-hybridized carbons (Fsp3) is 0.259. The maximum Gasteiger partial charge on any atom is 0.341 e. The first-order valence-corrected chi connectivity index (χ1v) is 13.4. The van der Waals surface area contributed by atoms with Crippen LogP contribution in [0.5, 0.6) is 5.75 Å². The first-order chi connectivity index (χ1) is 17.8. The summed E-state index contributed by atoms with van der Waals surface area (Å²) in [5.41, 5.74) is 4.24. The number of carbonyl (C=O) groups is 2. The number of ether oxygens (including phenoxy) is 2. The molecular weight excluding hydrogens is 508 g/mol. The van der Waals surface area contributed by atoms with Gasteiger partial charge in [0.1, 0.15) is 22.9 Å². The monoisotopic (exact) mass is 536 g/mol. The van der Waals surface area contributed by atoms with Crippen LogP contribution in [0.2, 0.25) is 0 Å². The van der Waals surface area contributed by atoms with Gasteiger partial charge >= 0.3 is 5.97 Å². The molecule has 0 aliphatic heterocycles. The minimum atomic E-state index is -0.493. The molecule has 2 aromatic heterocycles. The molecule has 10 heteroatoms. The highest BCUT2D eigenvalue weighted by atomic mass is 32.2. The summed E-state index contributed by atoms with van der Waals surface area (Å²) in [6, 6.07) is 15.6. The van der Waals surface area contributed by atoms with Gasteiger partial charge in [-0.2, -0.15) is 0 Å². The van der Waals surface area contributed by atoms with E-state index < -0.39 is 5.97 Å². The average molecular weight is 537 g/mol. The number of thioether (sulfide) groups is 1. The highest BCUT2D eigenvalue weighted by Crippen LogP contribution is 2.40. The Balaban J connectivity index is 1.42. The van der Waals surface area contributed by atoms with Crippen molar-refractivity contribution in [3.8, 4) is 16.9 Å². The standard InChI is InChI=1S/C27H28N4O4S2/c1-16-11-12-20(17(2)13-16)35-14-21-29-30-27(31(21)4)36-15-22(32)28-25-24(26(33)34-5)23(18(3)37-25)19-9-7-6-8-10-19/h6-13H,14-15H2,1-5H3,(H,28,32). The molecule has 0 fully saturated rings. The molecule has 0 aliphatic rings. The Labute approximate surface area is 224 Å². The molecule has 8 nitrogen and oxygen atoms in total. The van der Waals surface area contributed by atoms with Gasteiger partial charge in [0.05, 0.1) is 12.9 Å². The Bertz CT molecular complexity index is 1430. The maximum atomic E-state index is 12.8. The van der Waals surface area contributed by atoms with Crippen LogP contribution in [0.25, 0.3) is 11.1 Å². The summed E-state index contributed by atoms with van der Waals surface area (Å²) < 4.78 is 12.8. The number of aromatic nitrogens is 3. The maximum absolute atomic E-state index is 12.8. The molecule has 0 aliphatic carbocycles. The van der Waals surface area contributed by atoms with Gasteiger partial charge in [-0.15, -0.1) is 21.5 Å². The third-order valence-electron chi connectivity index (χ3n) is 5.73. The van der Waals surface area contributed by atoms with Gasteiger partial charge in [0.15, 0.2) is 11.0 Å². The van der Waals surface area contributed by atoms with E-state index in [2.05, 4.69) is 21.6 Å². The summed E-state index contributed by atoms with van der Waals surface area (Å²) >= 11 is 2.61. The fourth-order valence-electron chi connectivity index (χ4n) is 3.87. The second-order valence-corrected chi connectivity index (χ2v) is 10.6. The van der Waals surface area contributed by atoms with Gasteiger partial charge in [-0.05, 0) is 38.0 Å². The fourth-order valence-corrected chi connectivity index (χ4v) is 5.69. The molecule has 0 saturated carbocycles. The van der Waals surface area contributed by atoms with Crippen molar-refractivity contribution in [2.24, 2.45) is 7.05 Å². The quantitative estimate of drug-likeness (QED) is 0.221. The summed E-state index contributed by atoms with van der Waals surface area (Å²) in [6.45, 7) is 6.23. The van der Waals surface area contributed by atoms with Crippen LogP contribution in [-0.4, -0.2) is 39.5 Å². The lowest BCUT2D eigenvalue weighted by Crippen LogP contribution is -2.16. The lowest BCUT2D eigenvalue weighted by Gasteiger charge is -2.10. The molecule has 1 amide bonds. The molecular formula is C27H28N4O4S2. The summed E-state index contributed by atoms with van der Waals surface area (Å²) in [5.74, 6) is 0.796. The summed E-state index contributed by atoms with van der Waals surface area (Å²) in [7, 11) is 3.17. The summed E-state index contributed by atoms with van der Waals surface area (Å²) in [5, 5.41) is 12.4. The van der Waals surface area contributed by atoms with Gasteiger partial charge in [-0.3, -0.25) is 4.79 Å². The molecule has 0 spiro atoms. The first kappa shape index (κ1) is 26.4. The van der Waals surface area contributed by atoms with Gasteiger partial charge in [0.2, 0.25) is 5.91 Å². The molecule has 192 valence electrons. The zero-order valence-electron chi connectivity index (χ0n) is 21.3. The predicted octanol–water partition coefficient (Wildman–Crippen LogP) is 5.57. The third kappa shape index (κ3) is 6.03. The van der Waals surface area contributed by atoms with Gasteiger partial charge in [-0.25, -0.2) is 4.79 Å². The average Bonchev–Trinajstić information content (AvgIpc) is 3.40. The van der Waals surface area contributed by atoms with Crippen LogP contribution in [0.4, 0.5) is 5.00 Å². The molecule has 2 aromatic carbocycles. The third-order valence-corrected chi connectivity index (χ3v) is 7.77. The number of esters is 1. The number of methoxy groups -OCH3 is 1. The highest BCUT2D eigenvalue weighted by molar-refractivity contribution is 7.99. The molecule has 0 saturated heterocycles. The largest absolute Gasteiger partial charge is 0.485 e. The molecule has 4 rings (SSSR count). The van der Waals surface area contributed by atoms with Crippen LogP contribution in [0.3, 0.4) is 0 Å². The van der Waals surface area contributed by atoms with Crippen LogP contribution in [0.1, 0.15) is 32.2 Å². The number of aryl methyl sites for hydroxylation is 3. The molecule has 0 unspecified atom stereocenters. The highest BCUT2D eigenvalue weighted by Gasteiger charge is 2.25. The van der Waals surface area contributed by atoms with E-state index in [0.717, 1.165) is 27.3 Å². The molecule has 37 heavy (non-hydrogen) atoms. The molecule has 1 N–H and O–H groups in total. The number of nitrogens with one attached hydrogen (secondary N) is 1. The molecule has 0 atom stereocenters. The number of nitrogens with zero attached hydrogens (tertiary/aromatic N) is 3. The zero-order valence-corrected chi connectivity index (χ0v) is 23.0. The number of rotatable bonds is 9. The van der Waals surface area contributed by atoms with Crippen LogP contribution in [0, 0.1) is 20.8 Å². The minimum Gasteiger partial charge on any atom is -0.485 e. The Morgan fingerprint density at radius 1 is 1.08 bits per heavy atom. The summed E-state index contributed by atoms with van der Waals surface area (Å²) in [6.07, 6.45) is 0. The van der Waals surface area contributed by atoms with Crippen molar-refractivity contribution < 1.29 is 19.1 Å².